The van der Waals surface area contributed by atoms with Crippen molar-refractivity contribution >= 4 is 28.7 Å². The number of nitrogens with two attached hydrogens (primary N) is 1. The molecule has 3 rings (SSSR count). The van der Waals surface area contributed by atoms with Crippen LogP contribution in [-0.4, -0.2) is 51.9 Å². The zero-order valence-electron chi connectivity index (χ0n) is 12.9. The van der Waals surface area contributed by atoms with E-state index in [-0.39, 0.29) is 11.7 Å². The van der Waals surface area contributed by atoms with Crippen LogP contribution < -0.4 is 5.73 Å². The first-order chi connectivity index (χ1) is 11.2. The van der Waals surface area contributed by atoms with E-state index in [1.54, 1.807) is 17.8 Å². The normalized spacial score (nSPS) is 16.2. The van der Waals surface area contributed by atoms with E-state index in [0.29, 0.717) is 18.2 Å². The van der Waals surface area contributed by atoms with Crippen LogP contribution in [0, 0.1) is 5.82 Å². The standard InChI is InChI=1S/C16H21FN4OS/c17-12-1-2-13-14(9-12)20-16(19-13)11-3-6-21(7-4-11)15(22)10-23-8-5-18/h1-2,9,11H,3-8,10,18H2,(H,19,20). The lowest BCUT2D eigenvalue weighted by molar-refractivity contribution is -0.129. The predicted molar refractivity (Wildman–Crippen MR) is 91.0 cm³/mol. The highest BCUT2D eigenvalue weighted by molar-refractivity contribution is 7.99. The van der Waals surface area contributed by atoms with Crippen LogP contribution in [0.5, 0.6) is 0 Å². The molecule has 0 aliphatic carbocycles. The molecule has 1 aliphatic heterocycles. The number of fused-ring (bicyclic) bond motifs is 1. The smallest absolute Gasteiger partial charge is 0.232 e. The fourth-order valence-electron chi connectivity index (χ4n) is 2.93. The maximum atomic E-state index is 13.3. The van der Waals surface area contributed by atoms with E-state index < -0.39 is 0 Å². The molecule has 23 heavy (non-hydrogen) atoms. The van der Waals surface area contributed by atoms with Gasteiger partial charge in [0.1, 0.15) is 11.6 Å². The maximum absolute atomic E-state index is 13.3. The van der Waals surface area contributed by atoms with Gasteiger partial charge in [-0.05, 0) is 31.0 Å². The molecule has 2 aromatic rings. The lowest BCUT2D eigenvalue weighted by Gasteiger charge is -2.31. The second kappa shape index (κ2) is 7.31. The van der Waals surface area contributed by atoms with Crippen molar-refractivity contribution in [1.82, 2.24) is 14.9 Å². The molecule has 1 aromatic heterocycles. The third-order valence-corrected chi connectivity index (χ3v) is 5.16. The quantitative estimate of drug-likeness (QED) is 0.820. The van der Waals surface area contributed by atoms with Gasteiger partial charge in [-0.15, -0.1) is 0 Å². The van der Waals surface area contributed by atoms with E-state index >= 15 is 0 Å². The number of thioether (sulfide) groups is 1. The average molecular weight is 336 g/mol. The Bertz CT molecular complexity index is 682. The summed E-state index contributed by atoms with van der Waals surface area (Å²) in [6, 6.07) is 4.59. The molecule has 0 atom stereocenters. The number of hydrogen-bond donors (Lipinski definition) is 2. The molecule has 5 nitrogen and oxygen atoms in total. The van der Waals surface area contributed by atoms with Crippen molar-refractivity contribution in [3.63, 3.8) is 0 Å². The van der Waals surface area contributed by atoms with E-state index in [1.165, 1.54) is 12.1 Å². The van der Waals surface area contributed by atoms with Gasteiger partial charge in [0.2, 0.25) is 5.91 Å². The summed E-state index contributed by atoms with van der Waals surface area (Å²) in [5.74, 6) is 2.45. The number of rotatable bonds is 5. The number of carbonyl (C=O) groups is 1. The lowest BCUT2D eigenvalue weighted by atomic mass is 9.96. The number of aromatic nitrogens is 2. The van der Waals surface area contributed by atoms with Crippen LogP contribution in [0.15, 0.2) is 18.2 Å². The molecule has 0 bridgehead atoms. The Morgan fingerprint density at radius 3 is 2.96 bits per heavy atom. The Labute approximate surface area is 138 Å². The molecule has 1 aromatic carbocycles. The van der Waals surface area contributed by atoms with E-state index in [2.05, 4.69) is 9.97 Å². The highest BCUT2D eigenvalue weighted by atomic mass is 32.2. The molecule has 0 saturated carbocycles. The molecule has 2 heterocycles. The fraction of sp³-hybridized carbons (Fsp3) is 0.500. The summed E-state index contributed by atoms with van der Waals surface area (Å²) < 4.78 is 13.3. The van der Waals surface area contributed by atoms with Gasteiger partial charge in [-0.25, -0.2) is 9.37 Å². The summed E-state index contributed by atoms with van der Waals surface area (Å²) in [6.07, 6.45) is 1.77. The van der Waals surface area contributed by atoms with Crippen molar-refractivity contribution in [1.29, 1.82) is 0 Å². The van der Waals surface area contributed by atoms with Gasteiger partial charge in [0.25, 0.3) is 0 Å². The third-order valence-electron chi connectivity index (χ3n) is 4.18. The Morgan fingerprint density at radius 1 is 1.43 bits per heavy atom. The van der Waals surface area contributed by atoms with E-state index in [1.807, 2.05) is 4.90 Å². The largest absolute Gasteiger partial charge is 0.342 e. The van der Waals surface area contributed by atoms with Gasteiger partial charge in [0.05, 0.1) is 16.8 Å². The Kier molecular flexibility index (Phi) is 5.17. The van der Waals surface area contributed by atoms with Crippen molar-refractivity contribution in [3.8, 4) is 0 Å². The van der Waals surface area contributed by atoms with Crippen molar-refractivity contribution < 1.29 is 9.18 Å². The van der Waals surface area contributed by atoms with Gasteiger partial charge < -0.3 is 15.6 Å². The fourth-order valence-corrected chi connectivity index (χ4v) is 3.60. The minimum absolute atomic E-state index is 0.188. The van der Waals surface area contributed by atoms with Crippen molar-refractivity contribution in [3.05, 3.63) is 29.8 Å². The van der Waals surface area contributed by atoms with Gasteiger partial charge in [0.15, 0.2) is 0 Å². The Morgan fingerprint density at radius 2 is 2.22 bits per heavy atom. The van der Waals surface area contributed by atoms with Gasteiger partial charge in [-0.2, -0.15) is 11.8 Å². The van der Waals surface area contributed by atoms with E-state index in [0.717, 1.165) is 48.5 Å². The molecule has 1 saturated heterocycles. The van der Waals surface area contributed by atoms with Crippen LogP contribution in [0.1, 0.15) is 24.6 Å². The number of amides is 1. The molecule has 1 aliphatic rings. The predicted octanol–water partition coefficient (Wildman–Crippen LogP) is 2.10. The number of piperidine rings is 1. The molecule has 0 radical (unpaired) electrons. The van der Waals surface area contributed by atoms with Crippen molar-refractivity contribution in [2.75, 3.05) is 31.1 Å². The molecule has 3 N–H and O–H groups in total. The topological polar surface area (TPSA) is 75.0 Å². The summed E-state index contributed by atoms with van der Waals surface area (Å²) in [7, 11) is 0. The SMILES string of the molecule is NCCSCC(=O)N1CCC(c2nc3ccc(F)cc3[nH]2)CC1. The second-order valence-electron chi connectivity index (χ2n) is 5.78. The molecule has 1 fully saturated rings. The first-order valence-corrected chi connectivity index (χ1v) is 9.03. The number of H-pyrrole nitrogens is 1. The number of hydrogen-bond acceptors (Lipinski definition) is 4. The number of imidazole rings is 1. The van der Waals surface area contributed by atoms with Gasteiger partial charge >= 0.3 is 0 Å². The summed E-state index contributed by atoms with van der Waals surface area (Å²) in [5, 5.41) is 0. The molecule has 0 spiro atoms. The highest BCUT2D eigenvalue weighted by Gasteiger charge is 2.25. The summed E-state index contributed by atoms with van der Waals surface area (Å²) in [4.78, 5) is 21.8. The van der Waals surface area contributed by atoms with Gasteiger partial charge in [-0.1, -0.05) is 0 Å². The zero-order valence-corrected chi connectivity index (χ0v) is 13.7. The number of halogens is 1. The minimum Gasteiger partial charge on any atom is -0.342 e. The zero-order chi connectivity index (χ0) is 16.2. The third kappa shape index (κ3) is 3.84. The highest BCUT2D eigenvalue weighted by Crippen LogP contribution is 2.28. The second-order valence-corrected chi connectivity index (χ2v) is 6.89. The van der Waals surface area contributed by atoms with Crippen LogP contribution >= 0.6 is 11.8 Å². The molecule has 124 valence electrons. The van der Waals surface area contributed by atoms with Gasteiger partial charge in [-0.3, -0.25) is 4.79 Å². The molecule has 0 unspecified atom stereocenters. The monoisotopic (exact) mass is 336 g/mol. The van der Waals surface area contributed by atoms with Crippen LogP contribution in [0.25, 0.3) is 11.0 Å². The Hall–Kier alpha value is -1.60. The number of carbonyl (C=O) groups excluding carboxylic acids is 1. The first-order valence-electron chi connectivity index (χ1n) is 7.88. The average Bonchev–Trinajstić information content (AvgIpc) is 2.98. The van der Waals surface area contributed by atoms with Crippen molar-refractivity contribution in [2.24, 2.45) is 5.73 Å². The molecular formula is C16H21FN4OS. The number of benzene rings is 1. The number of nitrogens with one attached hydrogen (secondary N) is 1. The molecule has 1 amide bonds. The summed E-state index contributed by atoms with van der Waals surface area (Å²) in [6.45, 7) is 2.10. The van der Waals surface area contributed by atoms with Gasteiger partial charge in [0, 0.05) is 31.3 Å². The number of aromatic amines is 1. The Balaban J connectivity index is 1.58. The first kappa shape index (κ1) is 16.3. The van der Waals surface area contributed by atoms with E-state index in [4.69, 9.17) is 5.73 Å². The van der Waals surface area contributed by atoms with Crippen LogP contribution in [0.4, 0.5) is 4.39 Å². The minimum atomic E-state index is -0.261. The molecule has 7 heteroatoms. The summed E-state index contributed by atoms with van der Waals surface area (Å²) >= 11 is 1.59. The van der Waals surface area contributed by atoms with Crippen LogP contribution in [-0.2, 0) is 4.79 Å². The van der Waals surface area contributed by atoms with Crippen LogP contribution in [0.3, 0.4) is 0 Å². The summed E-state index contributed by atoms with van der Waals surface area (Å²) in [5.41, 5.74) is 6.96. The lowest BCUT2D eigenvalue weighted by Crippen LogP contribution is -2.39. The number of likely N-dealkylation sites (tertiary alicyclic amines) is 1. The van der Waals surface area contributed by atoms with Crippen LogP contribution in [0.2, 0.25) is 0 Å². The molecular weight excluding hydrogens is 315 g/mol. The van der Waals surface area contributed by atoms with E-state index in [9.17, 15) is 9.18 Å². The maximum Gasteiger partial charge on any atom is 0.232 e. The number of nitrogens with zero attached hydrogens (tertiary/aromatic N) is 2. The van der Waals surface area contributed by atoms with Crippen molar-refractivity contribution in [2.45, 2.75) is 18.8 Å².